The number of nitrogens with one attached hydrogen (secondary N) is 2. The quantitative estimate of drug-likeness (QED) is 0.287. The zero-order valence-corrected chi connectivity index (χ0v) is 15.5. The van der Waals surface area contributed by atoms with Crippen molar-refractivity contribution in [3.63, 3.8) is 0 Å². The van der Waals surface area contributed by atoms with E-state index in [0.717, 1.165) is 32.5 Å². The lowest BCUT2D eigenvalue weighted by Crippen LogP contribution is -2.54. The maximum Gasteiger partial charge on any atom is 0.322 e. The summed E-state index contributed by atoms with van der Waals surface area (Å²) in [4.78, 5) is 38.0. The van der Waals surface area contributed by atoms with Gasteiger partial charge < -0.3 is 20.7 Å². The zero-order valence-electron chi connectivity index (χ0n) is 15.5. The first kappa shape index (κ1) is 19.2. The number of unbranched alkanes of at least 4 members (excludes halogenated alkanes) is 1. The van der Waals surface area contributed by atoms with E-state index in [1.807, 2.05) is 0 Å². The predicted molar refractivity (Wildman–Crippen MR) is 101 cm³/mol. The van der Waals surface area contributed by atoms with E-state index in [1.54, 1.807) is 25.3 Å². The Morgan fingerprint density at radius 2 is 2.00 bits per heavy atom. The predicted octanol–water partition coefficient (Wildman–Crippen LogP) is 1.30. The number of hydrogen-bond acceptors (Lipinski definition) is 6. The summed E-state index contributed by atoms with van der Waals surface area (Å²) < 4.78 is 5.24. The van der Waals surface area contributed by atoms with Crippen LogP contribution in [0.3, 0.4) is 0 Å². The average Bonchev–Trinajstić information content (AvgIpc) is 2.93. The first-order chi connectivity index (χ1) is 12.9. The molecular weight excluding hydrogens is 348 g/mol. The third kappa shape index (κ3) is 4.21. The van der Waals surface area contributed by atoms with Gasteiger partial charge in [-0.1, -0.05) is 0 Å². The van der Waals surface area contributed by atoms with Crippen molar-refractivity contribution in [2.24, 2.45) is 0 Å². The maximum atomic E-state index is 12.4. The number of piperidine rings is 1. The van der Waals surface area contributed by atoms with Gasteiger partial charge in [0.05, 0.1) is 12.7 Å². The Labute approximate surface area is 158 Å². The van der Waals surface area contributed by atoms with Crippen LogP contribution >= 0.6 is 0 Å². The number of Topliss-reactive ketones (excluding diaryl/α,β-unsaturated/α-hetero) is 1. The Morgan fingerprint density at radius 1 is 1.26 bits per heavy atom. The van der Waals surface area contributed by atoms with Crippen LogP contribution in [-0.4, -0.2) is 54.9 Å². The number of urea groups is 1. The Balaban J connectivity index is 1.41. The highest BCUT2D eigenvalue weighted by Gasteiger charge is 2.47. The fourth-order valence-electron chi connectivity index (χ4n) is 3.74. The Morgan fingerprint density at radius 3 is 2.63 bits per heavy atom. The summed E-state index contributed by atoms with van der Waals surface area (Å²) in [6, 6.07) is 4.69. The van der Waals surface area contributed by atoms with Crippen molar-refractivity contribution in [3.05, 3.63) is 23.8 Å². The molecule has 2 aliphatic heterocycles. The summed E-state index contributed by atoms with van der Waals surface area (Å²) in [5, 5.41) is 5.08. The molecule has 8 heteroatoms. The van der Waals surface area contributed by atoms with Gasteiger partial charge in [-0.3, -0.25) is 14.9 Å². The molecule has 2 aliphatic rings. The van der Waals surface area contributed by atoms with E-state index >= 15 is 0 Å². The van der Waals surface area contributed by atoms with Crippen molar-refractivity contribution in [2.75, 3.05) is 32.5 Å². The van der Waals surface area contributed by atoms with Gasteiger partial charge in [-0.2, -0.15) is 0 Å². The summed E-state index contributed by atoms with van der Waals surface area (Å²) in [6.45, 7) is 2.38. The van der Waals surface area contributed by atoms with Gasteiger partial charge in [0, 0.05) is 25.2 Å². The molecule has 8 nitrogen and oxygen atoms in total. The highest BCUT2D eigenvalue weighted by molar-refractivity contribution is 6.07. The summed E-state index contributed by atoms with van der Waals surface area (Å²) in [7, 11) is 1.54. The lowest BCUT2D eigenvalue weighted by Gasteiger charge is -2.36. The van der Waals surface area contributed by atoms with E-state index in [1.165, 1.54) is 0 Å². The first-order valence-electron chi connectivity index (χ1n) is 9.26. The zero-order chi connectivity index (χ0) is 19.4. The Kier molecular flexibility index (Phi) is 5.65. The van der Waals surface area contributed by atoms with E-state index < -0.39 is 11.6 Å². The van der Waals surface area contributed by atoms with Gasteiger partial charge in [0.1, 0.15) is 11.3 Å². The van der Waals surface area contributed by atoms with Crippen LogP contribution in [0.15, 0.2) is 18.2 Å². The molecular formula is C19H26N4O4. The van der Waals surface area contributed by atoms with Gasteiger partial charge in [-0.25, -0.2) is 4.79 Å². The molecule has 0 radical (unpaired) electrons. The second kappa shape index (κ2) is 7.96. The monoisotopic (exact) mass is 374 g/mol. The molecule has 4 N–H and O–H groups in total. The van der Waals surface area contributed by atoms with E-state index in [4.69, 9.17) is 10.5 Å². The molecule has 0 unspecified atom stereocenters. The number of imide groups is 1. The van der Waals surface area contributed by atoms with Crippen LogP contribution in [0.5, 0.6) is 5.75 Å². The molecule has 0 atom stereocenters. The van der Waals surface area contributed by atoms with Gasteiger partial charge in [0.2, 0.25) is 0 Å². The van der Waals surface area contributed by atoms with Crippen LogP contribution in [0, 0.1) is 0 Å². The van der Waals surface area contributed by atoms with E-state index in [-0.39, 0.29) is 11.7 Å². The number of nitrogen functional groups attached to an aromatic ring is 1. The van der Waals surface area contributed by atoms with Crippen molar-refractivity contribution < 1.29 is 19.1 Å². The number of nitrogens with zero attached hydrogens (tertiary/aromatic N) is 1. The number of methoxy groups -OCH3 is 1. The number of nitrogens with two attached hydrogens (primary N) is 1. The third-order valence-electron chi connectivity index (χ3n) is 5.38. The van der Waals surface area contributed by atoms with E-state index in [9.17, 15) is 14.4 Å². The summed E-state index contributed by atoms with van der Waals surface area (Å²) >= 11 is 0. The van der Waals surface area contributed by atoms with Crippen LogP contribution in [-0.2, 0) is 4.79 Å². The molecule has 3 rings (SSSR count). The largest absolute Gasteiger partial charge is 0.496 e. The van der Waals surface area contributed by atoms with E-state index in [2.05, 4.69) is 15.5 Å². The number of rotatable bonds is 7. The summed E-state index contributed by atoms with van der Waals surface area (Å²) in [5.41, 5.74) is 6.12. The average molecular weight is 374 g/mol. The SMILES string of the molecule is COc1ccc(N)cc1C(=O)CCCCN1CCC2(CC1)NC(=O)NC2=O. The number of anilines is 1. The topological polar surface area (TPSA) is 114 Å². The fourth-order valence-corrected chi connectivity index (χ4v) is 3.74. The van der Waals surface area contributed by atoms with Crippen molar-refractivity contribution in [1.29, 1.82) is 0 Å². The highest BCUT2D eigenvalue weighted by atomic mass is 16.5. The highest BCUT2D eigenvalue weighted by Crippen LogP contribution is 2.26. The van der Waals surface area contributed by atoms with E-state index in [0.29, 0.717) is 36.3 Å². The second-order valence-corrected chi connectivity index (χ2v) is 7.17. The normalized spacial score (nSPS) is 19.0. The van der Waals surface area contributed by atoms with Gasteiger partial charge >= 0.3 is 6.03 Å². The molecule has 2 heterocycles. The van der Waals surface area contributed by atoms with Crippen molar-refractivity contribution in [2.45, 2.75) is 37.6 Å². The lowest BCUT2D eigenvalue weighted by atomic mass is 9.87. The molecule has 1 aromatic carbocycles. The molecule has 2 fully saturated rings. The van der Waals surface area contributed by atoms with Crippen LogP contribution in [0.2, 0.25) is 0 Å². The number of hydrogen-bond donors (Lipinski definition) is 3. The molecule has 1 spiro atoms. The minimum absolute atomic E-state index is 0.0297. The van der Waals surface area contributed by atoms with Crippen molar-refractivity contribution >= 4 is 23.4 Å². The Hall–Kier alpha value is -2.61. The first-order valence-corrected chi connectivity index (χ1v) is 9.26. The van der Waals surface area contributed by atoms with Crippen LogP contribution < -0.4 is 21.1 Å². The van der Waals surface area contributed by atoms with Gasteiger partial charge in [-0.15, -0.1) is 0 Å². The number of amides is 3. The standard InChI is InChI=1S/C19H26N4O4/c1-27-16-6-5-13(20)12-14(16)15(24)4-2-3-9-23-10-7-19(8-11-23)17(25)21-18(26)22-19/h5-6,12H,2-4,7-11,20H2,1H3,(H2,21,22,25,26). The minimum atomic E-state index is -0.729. The number of carbonyl (C=O) groups is 3. The number of likely N-dealkylation sites (tertiary alicyclic amines) is 1. The molecule has 0 aromatic heterocycles. The molecule has 3 amide bonds. The van der Waals surface area contributed by atoms with Gasteiger partial charge in [0.25, 0.3) is 5.91 Å². The number of ether oxygens (including phenoxy) is 1. The number of benzene rings is 1. The van der Waals surface area contributed by atoms with Crippen LogP contribution in [0.4, 0.5) is 10.5 Å². The molecule has 2 saturated heterocycles. The second-order valence-electron chi connectivity index (χ2n) is 7.17. The lowest BCUT2D eigenvalue weighted by molar-refractivity contribution is -0.125. The molecule has 1 aromatic rings. The third-order valence-corrected chi connectivity index (χ3v) is 5.38. The maximum absolute atomic E-state index is 12.4. The van der Waals surface area contributed by atoms with Gasteiger partial charge in [-0.05, 0) is 50.4 Å². The molecule has 146 valence electrons. The molecule has 0 saturated carbocycles. The summed E-state index contributed by atoms with van der Waals surface area (Å²) in [5.74, 6) is 0.364. The summed E-state index contributed by atoms with van der Waals surface area (Å²) in [6.07, 6.45) is 3.33. The van der Waals surface area contributed by atoms with Gasteiger partial charge in [0.15, 0.2) is 5.78 Å². The number of ketones is 1. The molecule has 0 aliphatic carbocycles. The van der Waals surface area contributed by atoms with Crippen molar-refractivity contribution in [1.82, 2.24) is 15.5 Å². The smallest absolute Gasteiger partial charge is 0.322 e. The molecule has 0 bridgehead atoms. The fraction of sp³-hybridized carbons (Fsp3) is 0.526. The number of carbonyl (C=O) groups excluding carboxylic acids is 3. The Bertz CT molecular complexity index is 741. The van der Waals surface area contributed by atoms with Crippen molar-refractivity contribution in [3.8, 4) is 5.75 Å². The van der Waals surface area contributed by atoms with Crippen LogP contribution in [0.25, 0.3) is 0 Å². The van der Waals surface area contributed by atoms with Crippen LogP contribution in [0.1, 0.15) is 42.5 Å². The molecule has 27 heavy (non-hydrogen) atoms. The minimum Gasteiger partial charge on any atom is -0.496 e.